The predicted octanol–water partition coefficient (Wildman–Crippen LogP) is 3.21. The van der Waals surface area contributed by atoms with Gasteiger partial charge in [0.05, 0.1) is 19.2 Å². The van der Waals surface area contributed by atoms with Crippen LogP contribution in [0.15, 0.2) is 30.5 Å². The highest BCUT2D eigenvalue weighted by Gasteiger charge is 2.26. The molecule has 5 heteroatoms. The second-order valence-electron chi connectivity index (χ2n) is 4.82. The van der Waals surface area contributed by atoms with E-state index in [0.717, 1.165) is 24.8 Å². The summed E-state index contributed by atoms with van der Waals surface area (Å²) in [5, 5.41) is 4.19. The molecule has 1 aromatic carbocycles. The van der Waals surface area contributed by atoms with Gasteiger partial charge in [0.2, 0.25) is 5.91 Å². The number of nitrogens with one attached hydrogen (secondary N) is 1. The Kier molecular flexibility index (Phi) is 3.69. The Morgan fingerprint density at radius 1 is 1.45 bits per heavy atom. The van der Waals surface area contributed by atoms with Gasteiger partial charge in [0.1, 0.15) is 0 Å². The minimum atomic E-state index is -0.0742. The molecule has 104 valence electrons. The number of amides is 1. The molecule has 0 saturated carbocycles. The number of benzene rings is 1. The van der Waals surface area contributed by atoms with E-state index in [4.69, 9.17) is 4.74 Å². The average Bonchev–Trinajstić information content (AvgIpc) is 2.94. The summed E-state index contributed by atoms with van der Waals surface area (Å²) in [5.74, 6) is -0.0519. The molecule has 0 saturated heterocycles. The van der Waals surface area contributed by atoms with Crippen LogP contribution in [0.4, 0.5) is 5.13 Å². The van der Waals surface area contributed by atoms with Gasteiger partial charge in [-0.1, -0.05) is 35.6 Å². The normalized spacial score (nSPS) is 17.4. The number of aromatic nitrogens is 1. The lowest BCUT2D eigenvalue weighted by atomic mass is 9.82. The van der Waals surface area contributed by atoms with Crippen LogP contribution < -0.4 is 10.1 Å². The number of fused-ring (bicyclic) bond motifs is 1. The van der Waals surface area contributed by atoms with Crippen LogP contribution in [0, 0.1) is 0 Å². The van der Waals surface area contributed by atoms with Crippen LogP contribution in [0.2, 0.25) is 0 Å². The summed E-state index contributed by atoms with van der Waals surface area (Å²) in [6, 6.07) is 8.20. The van der Waals surface area contributed by atoms with Gasteiger partial charge in [0.25, 0.3) is 0 Å². The van der Waals surface area contributed by atoms with E-state index in [9.17, 15) is 4.79 Å². The third kappa shape index (κ3) is 2.54. The summed E-state index contributed by atoms with van der Waals surface area (Å²) in [5.41, 5.74) is 2.44. The van der Waals surface area contributed by atoms with E-state index >= 15 is 0 Å². The number of hydrogen-bond donors (Lipinski definition) is 1. The van der Waals surface area contributed by atoms with Crippen molar-refractivity contribution in [3.8, 4) is 5.06 Å². The molecule has 0 unspecified atom stereocenters. The van der Waals surface area contributed by atoms with Gasteiger partial charge in [-0.2, -0.15) is 0 Å². The number of ether oxygens (including phenoxy) is 1. The average molecular weight is 288 g/mol. The Bertz CT molecular complexity index is 624. The molecule has 3 rings (SSSR count). The zero-order chi connectivity index (χ0) is 13.9. The van der Waals surface area contributed by atoms with Gasteiger partial charge < -0.3 is 10.1 Å². The number of aryl methyl sites for hydroxylation is 1. The number of nitrogens with zero attached hydrogens (tertiary/aromatic N) is 1. The maximum atomic E-state index is 12.4. The number of thiazole rings is 1. The maximum absolute atomic E-state index is 12.4. The maximum Gasteiger partial charge on any atom is 0.233 e. The molecule has 1 aliphatic rings. The first-order chi connectivity index (χ1) is 9.78. The molecule has 1 atom stereocenters. The van der Waals surface area contributed by atoms with Crippen molar-refractivity contribution in [2.45, 2.75) is 25.2 Å². The zero-order valence-corrected chi connectivity index (χ0v) is 12.1. The molecule has 1 N–H and O–H groups in total. The molecular formula is C15H16N2O2S. The van der Waals surface area contributed by atoms with E-state index in [-0.39, 0.29) is 11.8 Å². The Balaban J connectivity index is 1.78. The molecule has 1 heterocycles. The fraction of sp³-hybridized carbons (Fsp3) is 0.333. The molecule has 0 fully saturated rings. The summed E-state index contributed by atoms with van der Waals surface area (Å²) in [7, 11) is 1.59. The molecule has 1 amide bonds. The molecule has 1 aliphatic carbocycles. The van der Waals surface area contributed by atoms with Crippen LogP contribution in [0.25, 0.3) is 0 Å². The summed E-state index contributed by atoms with van der Waals surface area (Å²) in [6.07, 6.45) is 4.63. The highest BCUT2D eigenvalue weighted by Crippen LogP contribution is 2.33. The van der Waals surface area contributed by atoms with Crippen molar-refractivity contribution in [1.82, 2.24) is 4.98 Å². The van der Waals surface area contributed by atoms with Crippen LogP contribution in [0.1, 0.15) is 29.9 Å². The van der Waals surface area contributed by atoms with E-state index in [1.165, 1.54) is 16.9 Å². The van der Waals surface area contributed by atoms with Gasteiger partial charge >= 0.3 is 0 Å². The van der Waals surface area contributed by atoms with Crippen molar-refractivity contribution >= 4 is 22.4 Å². The molecule has 0 bridgehead atoms. The molecule has 0 spiro atoms. The number of carbonyl (C=O) groups excluding carboxylic acids is 1. The lowest BCUT2D eigenvalue weighted by molar-refractivity contribution is -0.117. The molecule has 20 heavy (non-hydrogen) atoms. The topological polar surface area (TPSA) is 51.2 Å². The Labute approximate surface area is 121 Å². The van der Waals surface area contributed by atoms with E-state index in [0.29, 0.717) is 10.2 Å². The van der Waals surface area contributed by atoms with Crippen LogP contribution >= 0.6 is 11.3 Å². The highest BCUT2D eigenvalue weighted by atomic mass is 32.1. The summed E-state index contributed by atoms with van der Waals surface area (Å²) >= 11 is 1.34. The van der Waals surface area contributed by atoms with Crippen molar-refractivity contribution in [2.24, 2.45) is 0 Å². The standard InChI is InChI=1S/C15H16N2O2S/c1-19-13-9-16-15(20-13)17-14(18)12-8-4-6-10-5-2-3-7-11(10)12/h2-3,5,7,9,12H,4,6,8H2,1H3,(H,16,17,18)/t12-/m1/s1. The Morgan fingerprint density at radius 3 is 3.10 bits per heavy atom. The van der Waals surface area contributed by atoms with Crippen molar-refractivity contribution in [3.05, 3.63) is 41.6 Å². The Hall–Kier alpha value is -1.88. The first-order valence-electron chi connectivity index (χ1n) is 6.66. The third-order valence-corrected chi connectivity index (χ3v) is 4.48. The van der Waals surface area contributed by atoms with Gasteiger partial charge in [0.15, 0.2) is 10.2 Å². The monoisotopic (exact) mass is 288 g/mol. The predicted molar refractivity (Wildman–Crippen MR) is 79.4 cm³/mol. The first kappa shape index (κ1) is 13.1. The number of hydrogen-bond acceptors (Lipinski definition) is 4. The van der Waals surface area contributed by atoms with E-state index in [2.05, 4.69) is 22.4 Å². The number of carbonyl (C=O) groups is 1. The zero-order valence-electron chi connectivity index (χ0n) is 11.3. The largest absolute Gasteiger partial charge is 0.486 e. The van der Waals surface area contributed by atoms with Crippen molar-refractivity contribution < 1.29 is 9.53 Å². The second kappa shape index (κ2) is 5.63. The van der Waals surface area contributed by atoms with E-state index in [1.54, 1.807) is 13.3 Å². The summed E-state index contributed by atoms with van der Waals surface area (Å²) < 4.78 is 5.08. The van der Waals surface area contributed by atoms with E-state index in [1.807, 2.05) is 12.1 Å². The second-order valence-corrected chi connectivity index (χ2v) is 5.81. The quantitative estimate of drug-likeness (QED) is 0.943. The molecule has 0 radical (unpaired) electrons. The van der Waals surface area contributed by atoms with Crippen molar-refractivity contribution in [2.75, 3.05) is 12.4 Å². The van der Waals surface area contributed by atoms with Crippen LogP contribution in [-0.2, 0) is 11.2 Å². The van der Waals surface area contributed by atoms with E-state index < -0.39 is 0 Å². The van der Waals surface area contributed by atoms with Crippen LogP contribution in [-0.4, -0.2) is 18.0 Å². The first-order valence-corrected chi connectivity index (χ1v) is 7.48. The fourth-order valence-corrected chi connectivity index (χ4v) is 3.27. The van der Waals surface area contributed by atoms with Gasteiger partial charge in [-0.25, -0.2) is 4.98 Å². The molecule has 1 aromatic heterocycles. The van der Waals surface area contributed by atoms with Crippen molar-refractivity contribution in [3.63, 3.8) is 0 Å². The SMILES string of the molecule is COc1cnc(NC(=O)[C@@H]2CCCc3ccccc32)s1. The number of methoxy groups -OCH3 is 1. The van der Waals surface area contributed by atoms with Gasteiger partial charge in [-0.3, -0.25) is 4.79 Å². The lowest BCUT2D eigenvalue weighted by Crippen LogP contribution is -2.24. The smallest absolute Gasteiger partial charge is 0.233 e. The molecule has 0 aliphatic heterocycles. The lowest BCUT2D eigenvalue weighted by Gasteiger charge is -2.24. The van der Waals surface area contributed by atoms with Crippen molar-refractivity contribution in [1.29, 1.82) is 0 Å². The Morgan fingerprint density at radius 2 is 2.30 bits per heavy atom. The summed E-state index contributed by atoms with van der Waals surface area (Å²) in [4.78, 5) is 16.6. The fourth-order valence-electron chi connectivity index (χ4n) is 2.63. The minimum absolute atomic E-state index is 0.0224. The molecular weight excluding hydrogens is 272 g/mol. The summed E-state index contributed by atoms with van der Waals surface area (Å²) in [6.45, 7) is 0. The molecule has 2 aromatic rings. The molecule has 4 nitrogen and oxygen atoms in total. The van der Waals surface area contributed by atoms with Crippen LogP contribution in [0.5, 0.6) is 5.06 Å². The number of rotatable bonds is 3. The van der Waals surface area contributed by atoms with Gasteiger partial charge in [-0.15, -0.1) is 0 Å². The van der Waals surface area contributed by atoms with Gasteiger partial charge in [-0.05, 0) is 30.4 Å². The minimum Gasteiger partial charge on any atom is -0.486 e. The number of anilines is 1. The highest BCUT2D eigenvalue weighted by molar-refractivity contribution is 7.17. The third-order valence-electron chi connectivity index (χ3n) is 3.60. The van der Waals surface area contributed by atoms with Gasteiger partial charge in [0, 0.05) is 0 Å². The van der Waals surface area contributed by atoms with Crippen LogP contribution in [0.3, 0.4) is 0 Å².